The molecule has 0 bridgehead atoms. The lowest BCUT2D eigenvalue weighted by Gasteiger charge is -2.16. The number of nitro groups is 1. The lowest BCUT2D eigenvalue weighted by molar-refractivity contribution is -0.384. The molecule has 2 amide bonds. The number of carboxylic acids is 1. The molecular weight excluding hydrogens is 278 g/mol. The number of nitro benzene ring substituents is 1. The third-order valence-corrected chi connectivity index (χ3v) is 2.45. The molecule has 8 nitrogen and oxygen atoms in total. The summed E-state index contributed by atoms with van der Waals surface area (Å²) in [5, 5.41) is 21.5. The van der Waals surface area contributed by atoms with E-state index in [1.807, 2.05) is 0 Å². The number of carboxylic acid groups (broad SMARTS) is 1. The second kappa shape index (κ2) is 6.01. The van der Waals surface area contributed by atoms with Crippen molar-refractivity contribution in [1.29, 1.82) is 0 Å². The zero-order chi connectivity index (χ0) is 14.6. The van der Waals surface area contributed by atoms with Crippen molar-refractivity contribution in [1.82, 2.24) is 4.90 Å². The van der Waals surface area contributed by atoms with Gasteiger partial charge in [-0.1, -0.05) is 11.6 Å². The number of amides is 2. The highest BCUT2D eigenvalue weighted by Crippen LogP contribution is 2.26. The topological polar surface area (TPSA) is 113 Å². The summed E-state index contributed by atoms with van der Waals surface area (Å²) < 4.78 is 0. The maximum atomic E-state index is 11.6. The Hall–Kier alpha value is -2.35. The Morgan fingerprint density at radius 2 is 2.16 bits per heavy atom. The minimum Gasteiger partial charge on any atom is -0.480 e. The molecule has 0 aromatic heterocycles. The first-order chi connectivity index (χ1) is 8.81. The minimum absolute atomic E-state index is 0.0399. The number of anilines is 1. The summed E-state index contributed by atoms with van der Waals surface area (Å²) in [6, 6.07) is 2.82. The molecule has 0 saturated heterocycles. The Labute approximate surface area is 112 Å². The number of aliphatic carboxylic acids is 1. The number of hydrogen-bond donors (Lipinski definition) is 2. The van der Waals surface area contributed by atoms with Crippen molar-refractivity contribution in [3.63, 3.8) is 0 Å². The van der Waals surface area contributed by atoms with Gasteiger partial charge in [0, 0.05) is 19.2 Å². The molecule has 0 unspecified atom stereocenters. The average molecular weight is 288 g/mol. The Balaban J connectivity index is 2.86. The van der Waals surface area contributed by atoms with Gasteiger partial charge in [-0.25, -0.2) is 4.79 Å². The quantitative estimate of drug-likeness (QED) is 0.647. The minimum atomic E-state index is -1.18. The van der Waals surface area contributed by atoms with Crippen LogP contribution in [-0.2, 0) is 4.79 Å². The van der Waals surface area contributed by atoms with Gasteiger partial charge in [0.25, 0.3) is 5.69 Å². The predicted molar refractivity (Wildman–Crippen MR) is 67.4 cm³/mol. The molecule has 0 atom stereocenters. The van der Waals surface area contributed by atoms with Crippen LogP contribution < -0.4 is 5.32 Å². The van der Waals surface area contributed by atoms with Crippen LogP contribution in [0.3, 0.4) is 0 Å². The van der Waals surface area contributed by atoms with Gasteiger partial charge >= 0.3 is 12.0 Å². The molecule has 1 rings (SSSR count). The van der Waals surface area contributed by atoms with E-state index in [2.05, 4.69) is 5.32 Å². The van der Waals surface area contributed by atoms with Crippen molar-refractivity contribution < 1.29 is 19.6 Å². The van der Waals surface area contributed by atoms with Gasteiger partial charge in [0.1, 0.15) is 6.54 Å². The van der Waals surface area contributed by atoms with Crippen LogP contribution in [0.15, 0.2) is 18.2 Å². The zero-order valence-electron chi connectivity index (χ0n) is 9.79. The predicted octanol–water partition coefficient (Wildman–Crippen LogP) is 1.80. The van der Waals surface area contributed by atoms with Crippen LogP contribution in [0.2, 0.25) is 5.02 Å². The van der Waals surface area contributed by atoms with Crippen LogP contribution >= 0.6 is 11.6 Å². The van der Waals surface area contributed by atoms with E-state index < -0.39 is 23.5 Å². The highest BCUT2D eigenvalue weighted by molar-refractivity contribution is 6.33. The van der Waals surface area contributed by atoms with E-state index in [9.17, 15) is 19.7 Å². The first-order valence-electron chi connectivity index (χ1n) is 4.99. The summed E-state index contributed by atoms with van der Waals surface area (Å²) in [7, 11) is 1.27. The van der Waals surface area contributed by atoms with Gasteiger partial charge in [0.15, 0.2) is 0 Å². The highest BCUT2D eigenvalue weighted by atomic mass is 35.5. The van der Waals surface area contributed by atoms with Crippen molar-refractivity contribution in [2.75, 3.05) is 18.9 Å². The Morgan fingerprint density at radius 1 is 1.53 bits per heavy atom. The fourth-order valence-corrected chi connectivity index (χ4v) is 1.37. The van der Waals surface area contributed by atoms with Gasteiger partial charge in [-0.05, 0) is 6.07 Å². The average Bonchev–Trinajstić information content (AvgIpc) is 2.30. The molecule has 0 aliphatic rings. The third kappa shape index (κ3) is 4.11. The second-order valence-electron chi connectivity index (χ2n) is 3.60. The number of likely N-dealkylation sites (N-methyl/N-ethyl adjacent to an activating group) is 1. The third-order valence-electron chi connectivity index (χ3n) is 2.12. The molecule has 2 N–H and O–H groups in total. The van der Waals surface area contributed by atoms with Crippen LogP contribution in [0, 0.1) is 10.1 Å². The number of benzene rings is 1. The van der Waals surface area contributed by atoms with Crippen LogP contribution in [0.5, 0.6) is 0 Å². The molecule has 9 heteroatoms. The van der Waals surface area contributed by atoms with Gasteiger partial charge in [0.05, 0.1) is 15.6 Å². The standard InChI is InChI=1S/C10H10ClN3O5/c1-13(5-9(15)16)10(17)12-8-4-6(14(18)19)2-3-7(8)11/h2-4H,5H2,1H3,(H,12,17)(H,15,16). The van der Waals surface area contributed by atoms with Crippen molar-refractivity contribution >= 4 is 35.0 Å². The lowest BCUT2D eigenvalue weighted by Crippen LogP contribution is -2.35. The first kappa shape index (κ1) is 14.7. The van der Waals surface area contributed by atoms with E-state index in [-0.39, 0.29) is 16.4 Å². The molecule has 0 heterocycles. The highest BCUT2D eigenvalue weighted by Gasteiger charge is 2.15. The van der Waals surface area contributed by atoms with Crippen LogP contribution in [0.25, 0.3) is 0 Å². The number of nitrogens with one attached hydrogen (secondary N) is 1. The van der Waals surface area contributed by atoms with E-state index >= 15 is 0 Å². The van der Waals surface area contributed by atoms with E-state index in [4.69, 9.17) is 16.7 Å². The number of nitrogens with zero attached hydrogens (tertiary/aromatic N) is 2. The number of carbonyl (C=O) groups excluding carboxylic acids is 1. The maximum absolute atomic E-state index is 11.6. The smallest absolute Gasteiger partial charge is 0.323 e. The summed E-state index contributed by atoms with van der Waals surface area (Å²) in [6.07, 6.45) is 0. The molecule has 102 valence electrons. The van der Waals surface area contributed by atoms with Gasteiger partial charge in [-0.2, -0.15) is 0 Å². The largest absolute Gasteiger partial charge is 0.480 e. The number of urea groups is 1. The number of non-ortho nitro benzene ring substituents is 1. The van der Waals surface area contributed by atoms with E-state index in [0.29, 0.717) is 0 Å². The van der Waals surface area contributed by atoms with Gasteiger partial charge in [-0.15, -0.1) is 0 Å². The summed E-state index contributed by atoms with van der Waals surface area (Å²) in [4.78, 5) is 32.9. The normalized spacial score (nSPS) is 9.79. The summed E-state index contributed by atoms with van der Waals surface area (Å²) in [5.74, 6) is -1.18. The van der Waals surface area contributed by atoms with Crippen LogP contribution in [0.4, 0.5) is 16.2 Å². The number of carbonyl (C=O) groups is 2. The number of hydrogen-bond acceptors (Lipinski definition) is 4. The fourth-order valence-electron chi connectivity index (χ4n) is 1.21. The Kier molecular flexibility index (Phi) is 4.65. The Morgan fingerprint density at radius 3 is 2.68 bits per heavy atom. The van der Waals surface area contributed by atoms with Gasteiger partial charge in [0.2, 0.25) is 0 Å². The zero-order valence-corrected chi connectivity index (χ0v) is 10.5. The van der Waals surface area contributed by atoms with E-state index in [1.54, 1.807) is 0 Å². The molecule has 1 aromatic rings. The van der Waals surface area contributed by atoms with Gasteiger partial charge in [-0.3, -0.25) is 14.9 Å². The molecular formula is C10H10ClN3O5. The SMILES string of the molecule is CN(CC(=O)O)C(=O)Nc1cc([N+](=O)[O-])ccc1Cl. The second-order valence-corrected chi connectivity index (χ2v) is 4.01. The number of halogens is 1. The van der Waals surface area contributed by atoms with Crippen LogP contribution in [0.1, 0.15) is 0 Å². The van der Waals surface area contributed by atoms with Gasteiger partial charge < -0.3 is 15.3 Å². The lowest BCUT2D eigenvalue weighted by atomic mass is 10.3. The Bertz CT molecular complexity index is 534. The molecule has 0 saturated carbocycles. The fraction of sp³-hybridized carbons (Fsp3) is 0.200. The summed E-state index contributed by atoms with van der Waals surface area (Å²) in [5.41, 5.74) is -0.196. The molecule has 0 radical (unpaired) electrons. The molecule has 1 aromatic carbocycles. The summed E-state index contributed by atoms with van der Waals surface area (Å²) in [6.45, 7) is -0.502. The van der Waals surface area contributed by atoms with E-state index in [0.717, 1.165) is 11.0 Å². The monoisotopic (exact) mass is 287 g/mol. The van der Waals surface area contributed by atoms with Crippen molar-refractivity contribution in [2.45, 2.75) is 0 Å². The van der Waals surface area contributed by atoms with Crippen LogP contribution in [-0.4, -0.2) is 40.5 Å². The molecule has 0 spiro atoms. The molecule has 0 aliphatic heterocycles. The number of rotatable bonds is 4. The molecule has 0 aliphatic carbocycles. The molecule has 0 fully saturated rings. The molecule has 19 heavy (non-hydrogen) atoms. The summed E-state index contributed by atoms with van der Waals surface area (Å²) >= 11 is 5.78. The van der Waals surface area contributed by atoms with Crippen molar-refractivity contribution in [2.24, 2.45) is 0 Å². The van der Waals surface area contributed by atoms with Crippen molar-refractivity contribution in [3.8, 4) is 0 Å². The maximum Gasteiger partial charge on any atom is 0.323 e. The van der Waals surface area contributed by atoms with E-state index in [1.165, 1.54) is 19.2 Å². The first-order valence-corrected chi connectivity index (χ1v) is 5.37. The van der Waals surface area contributed by atoms with Crippen molar-refractivity contribution in [3.05, 3.63) is 33.3 Å².